The maximum Gasteiger partial charge on any atom is 0.135 e. The number of aromatic nitrogens is 3. The molecule has 4 rings (SSSR count). The molecule has 2 heterocycles. The SMILES string of the molecule is COc1ccc(-c2nc(C(C)(C)C)nc3c(-c4ccc(C#N)cc4)cncc23)cc1. The summed E-state index contributed by atoms with van der Waals surface area (Å²) < 4.78 is 5.30. The van der Waals surface area contributed by atoms with Crippen molar-refractivity contribution in [2.45, 2.75) is 26.2 Å². The van der Waals surface area contributed by atoms with Crippen LogP contribution in [-0.4, -0.2) is 22.1 Å². The molecule has 2 aromatic carbocycles. The van der Waals surface area contributed by atoms with E-state index in [0.29, 0.717) is 5.56 Å². The Bertz CT molecular complexity index is 1250. The van der Waals surface area contributed by atoms with Crippen molar-refractivity contribution in [3.8, 4) is 34.2 Å². The normalized spacial score (nSPS) is 11.3. The molecule has 0 radical (unpaired) electrons. The first-order valence-corrected chi connectivity index (χ1v) is 9.72. The van der Waals surface area contributed by atoms with Crippen LogP contribution in [0.15, 0.2) is 60.9 Å². The van der Waals surface area contributed by atoms with Crippen LogP contribution >= 0.6 is 0 Å². The highest BCUT2D eigenvalue weighted by Gasteiger charge is 2.22. The largest absolute Gasteiger partial charge is 0.497 e. The second kappa shape index (κ2) is 7.57. The van der Waals surface area contributed by atoms with E-state index in [9.17, 15) is 0 Å². The molecule has 2 aromatic heterocycles. The van der Waals surface area contributed by atoms with Gasteiger partial charge in [-0.15, -0.1) is 0 Å². The Morgan fingerprint density at radius 1 is 0.867 bits per heavy atom. The minimum atomic E-state index is -0.222. The Morgan fingerprint density at radius 2 is 1.53 bits per heavy atom. The predicted molar refractivity (Wildman–Crippen MR) is 118 cm³/mol. The smallest absolute Gasteiger partial charge is 0.135 e. The number of benzene rings is 2. The summed E-state index contributed by atoms with van der Waals surface area (Å²) in [6.07, 6.45) is 3.63. The van der Waals surface area contributed by atoms with Crippen molar-refractivity contribution in [2.24, 2.45) is 0 Å². The van der Waals surface area contributed by atoms with Crippen molar-refractivity contribution in [2.75, 3.05) is 7.11 Å². The van der Waals surface area contributed by atoms with E-state index in [-0.39, 0.29) is 5.41 Å². The van der Waals surface area contributed by atoms with Crippen molar-refractivity contribution in [1.29, 1.82) is 5.26 Å². The third kappa shape index (κ3) is 3.60. The summed E-state index contributed by atoms with van der Waals surface area (Å²) in [7, 11) is 1.65. The van der Waals surface area contributed by atoms with Crippen molar-refractivity contribution in [3.63, 3.8) is 0 Å². The van der Waals surface area contributed by atoms with Crippen LogP contribution in [-0.2, 0) is 5.41 Å². The van der Waals surface area contributed by atoms with Gasteiger partial charge in [0.1, 0.15) is 11.6 Å². The zero-order chi connectivity index (χ0) is 21.3. The molecule has 5 heteroatoms. The number of ether oxygens (including phenoxy) is 1. The van der Waals surface area contributed by atoms with Gasteiger partial charge < -0.3 is 4.74 Å². The van der Waals surface area contributed by atoms with Crippen LogP contribution in [0.2, 0.25) is 0 Å². The number of nitrogens with zero attached hydrogens (tertiary/aromatic N) is 4. The van der Waals surface area contributed by atoms with Gasteiger partial charge in [0, 0.05) is 34.3 Å². The average Bonchev–Trinajstić information content (AvgIpc) is 2.77. The number of fused-ring (bicyclic) bond motifs is 1. The molecule has 0 N–H and O–H groups in total. The number of hydrogen-bond donors (Lipinski definition) is 0. The summed E-state index contributed by atoms with van der Waals surface area (Å²) in [6.45, 7) is 6.32. The second-order valence-electron chi connectivity index (χ2n) is 8.15. The van der Waals surface area contributed by atoms with E-state index in [2.05, 4.69) is 31.8 Å². The van der Waals surface area contributed by atoms with Gasteiger partial charge in [0.2, 0.25) is 0 Å². The van der Waals surface area contributed by atoms with Gasteiger partial charge >= 0.3 is 0 Å². The summed E-state index contributed by atoms with van der Waals surface area (Å²) in [4.78, 5) is 14.3. The molecule has 4 aromatic rings. The molecule has 0 unspecified atom stereocenters. The molecule has 148 valence electrons. The van der Waals surface area contributed by atoms with E-state index < -0.39 is 0 Å². The maximum absolute atomic E-state index is 9.10. The summed E-state index contributed by atoms with van der Waals surface area (Å²) in [6, 6.07) is 17.5. The average molecular weight is 394 g/mol. The Balaban J connectivity index is 2.00. The fourth-order valence-corrected chi connectivity index (χ4v) is 3.28. The van der Waals surface area contributed by atoms with Crippen LogP contribution in [0.3, 0.4) is 0 Å². The monoisotopic (exact) mass is 394 g/mol. The standard InChI is InChI=1S/C25H22N4O/c1-25(2,3)24-28-22(18-9-11-19(30-4)12-10-18)21-15-27-14-20(23(21)29-24)17-7-5-16(13-26)6-8-17/h5-12,14-15H,1-4H3. The molecule has 0 aliphatic heterocycles. The van der Waals surface area contributed by atoms with E-state index in [1.165, 1.54) is 0 Å². The van der Waals surface area contributed by atoms with Gasteiger partial charge in [-0.1, -0.05) is 32.9 Å². The van der Waals surface area contributed by atoms with E-state index in [1.807, 2.05) is 60.9 Å². The summed E-state index contributed by atoms with van der Waals surface area (Å²) >= 11 is 0. The van der Waals surface area contributed by atoms with Crippen molar-refractivity contribution >= 4 is 10.9 Å². The molecular formula is C25H22N4O. The molecule has 5 nitrogen and oxygen atoms in total. The molecule has 0 fully saturated rings. The lowest BCUT2D eigenvalue weighted by atomic mass is 9.94. The zero-order valence-electron chi connectivity index (χ0n) is 17.5. The van der Waals surface area contributed by atoms with Crippen LogP contribution < -0.4 is 4.74 Å². The molecular weight excluding hydrogens is 372 g/mol. The number of hydrogen-bond acceptors (Lipinski definition) is 5. The third-order valence-corrected chi connectivity index (χ3v) is 4.97. The first-order valence-electron chi connectivity index (χ1n) is 9.72. The number of pyridine rings is 1. The highest BCUT2D eigenvalue weighted by molar-refractivity contribution is 6.00. The molecule has 0 amide bonds. The van der Waals surface area contributed by atoms with E-state index >= 15 is 0 Å². The first-order chi connectivity index (χ1) is 14.4. The predicted octanol–water partition coefficient (Wildman–Crippen LogP) is 5.54. The maximum atomic E-state index is 9.10. The van der Waals surface area contributed by atoms with Crippen molar-refractivity contribution < 1.29 is 4.74 Å². The number of nitriles is 1. The molecule has 0 aliphatic rings. The lowest BCUT2D eigenvalue weighted by Gasteiger charge is -2.20. The van der Waals surface area contributed by atoms with Crippen molar-refractivity contribution in [3.05, 3.63) is 72.3 Å². The quantitative estimate of drug-likeness (QED) is 0.456. The molecule has 0 bridgehead atoms. The van der Waals surface area contributed by atoms with E-state index in [4.69, 9.17) is 20.0 Å². The van der Waals surface area contributed by atoms with Crippen LogP contribution in [0, 0.1) is 11.3 Å². The molecule has 0 atom stereocenters. The lowest BCUT2D eigenvalue weighted by molar-refractivity contribution is 0.415. The lowest BCUT2D eigenvalue weighted by Crippen LogP contribution is -2.17. The third-order valence-electron chi connectivity index (χ3n) is 4.97. The Labute approximate surface area is 176 Å². The van der Waals surface area contributed by atoms with Crippen LogP contribution in [0.5, 0.6) is 5.75 Å². The first kappa shape index (κ1) is 19.5. The van der Waals surface area contributed by atoms with E-state index in [1.54, 1.807) is 7.11 Å². The van der Waals surface area contributed by atoms with Crippen LogP contribution in [0.4, 0.5) is 0 Å². The van der Waals surface area contributed by atoms with Gasteiger partial charge in [-0.2, -0.15) is 5.26 Å². The molecule has 0 saturated carbocycles. The minimum absolute atomic E-state index is 0.222. The minimum Gasteiger partial charge on any atom is -0.497 e. The Hall–Kier alpha value is -3.78. The van der Waals surface area contributed by atoms with Crippen molar-refractivity contribution in [1.82, 2.24) is 15.0 Å². The fourth-order valence-electron chi connectivity index (χ4n) is 3.28. The van der Waals surface area contributed by atoms with Gasteiger partial charge in [0.05, 0.1) is 30.0 Å². The topological polar surface area (TPSA) is 71.7 Å². The highest BCUT2D eigenvalue weighted by Crippen LogP contribution is 2.34. The number of rotatable bonds is 3. The summed E-state index contributed by atoms with van der Waals surface area (Å²) in [5, 5.41) is 9.99. The van der Waals surface area contributed by atoms with Crippen LogP contribution in [0.25, 0.3) is 33.3 Å². The van der Waals surface area contributed by atoms with Gasteiger partial charge in [0.15, 0.2) is 0 Å². The fraction of sp³-hybridized carbons (Fsp3) is 0.200. The molecule has 0 saturated heterocycles. The summed E-state index contributed by atoms with van der Waals surface area (Å²) in [5.74, 6) is 1.56. The highest BCUT2D eigenvalue weighted by atomic mass is 16.5. The van der Waals surface area contributed by atoms with Gasteiger partial charge in [-0.3, -0.25) is 4.98 Å². The molecule has 30 heavy (non-hydrogen) atoms. The van der Waals surface area contributed by atoms with Gasteiger partial charge in [0.25, 0.3) is 0 Å². The Kier molecular flexibility index (Phi) is 4.93. The van der Waals surface area contributed by atoms with Gasteiger partial charge in [-0.25, -0.2) is 9.97 Å². The molecule has 0 spiro atoms. The van der Waals surface area contributed by atoms with Crippen LogP contribution in [0.1, 0.15) is 32.2 Å². The second-order valence-corrected chi connectivity index (χ2v) is 8.15. The number of methoxy groups -OCH3 is 1. The van der Waals surface area contributed by atoms with Gasteiger partial charge in [-0.05, 0) is 42.0 Å². The summed E-state index contributed by atoms with van der Waals surface area (Å²) in [5.41, 5.74) is 4.95. The Morgan fingerprint density at radius 3 is 2.13 bits per heavy atom. The zero-order valence-corrected chi connectivity index (χ0v) is 17.5. The molecule has 0 aliphatic carbocycles. The van der Waals surface area contributed by atoms with E-state index in [0.717, 1.165) is 44.9 Å².